The van der Waals surface area contributed by atoms with Crippen molar-refractivity contribution < 1.29 is 9.13 Å². The molecule has 0 saturated carbocycles. The molecule has 1 aliphatic rings. The van der Waals surface area contributed by atoms with Crippen LogP contribution in [-0.2, 0) is 4.74 Å². The molecule has 0 amide bonds. The van der Waals surface area contributed by atoms with Crippen LogP contribution in [0.5, 0.6) is 0 Å². The molecule has 0 spiro atoms. The number of rotatable bonds is 5. The zero-order chi connectivity index (χ0) is 13.0. The van der Waals surface area contributed by atoms with Crippen LogP contribution < -0.4 is 5.73 Å². The third-order valence-corrected chi connectivity index (χ3v) is 3.62. The Kier molecular flexibility index (Phi) is 4.69. The first-order chi connectivity index (χ1) is 8.70. The highest BCUT2D eigenvalue weighted by atomic mass is 19.1. The second-order valence-corrected chi connectivity index (χ2v) is 4.86. The van der Waals surface area contributed by atoms with Crippen LogP contribution in [0.2, 0.25) is 0 Å². The minimum atomic E-state index is -0.229. The van der Waals surface area contributed by atoms with Gasteiger partial charge in [0.05, 0.1) is 6.10 Å². The molecule has 100 valence electrons. The van der Waals surface area contributed by atoms with Crippen molar-refractivity contribution in [1.29, 1.82) is 0 Å². The molecular weight excluding hydrogens is 231 g/mol. The maximum Gasteiger partial charge on any atom is 0.127 e. The molecule has 1 heterocycles. The molecule has 3 nitrogen and oxygen atoms in total. The number of methoxy groups -OCH3 is 1. The van der Waals surface area contributed by atoms with Crippen molar-refractivity contribution in [2.24, 2.45) is 5.73 Å². The number of benzene rings is 1. The van der Waals surface area contributed by atoms with Crippen LogP contribution in [0.4, 0.5) is 4.39 Å². The summed E-state index contributed by atoms with van der Waals surface area (Å²) in [5.41, 5.74) is 6.65. The van der Waals surface area contributed by atoms with E-state index in [0.717, 1.165) is 32.5 Å². The molecule has 4 heteroatoms. The second kappa shape index (κ2) is 6.27. The average molecular weight is 252 g/mol. The van der Waals surface area contributed by atoms with E-state index in [2.05, 4.69) is 4.90 Å². The van der Waals surface area contributed by atoms with E-state index in [4.69, 9.17) is 10.5 Å². The molecule has 1 aromatic rings. The summed E-state index contributed by atoms with van der Waals surface area (Å²) in [5.74, 6) is -0.207. The minimum Gasteiger partial charge on any atom is -0.380 e. The fourth-order valence-corrected chi connectivity index (χ4v) is 2.45. The van der Waals surface area contributed by atoms with Crippen molar-refractivity contribution in [2.75, 3.05) is 26.7 Å². The van der Waals surface area contributed by atoms with E-state index >= 15 is 0 Å². The highest BCUT2D eigenvalue weighted by molar-refractivity contribution is 5.20. The molecule has 2 atom stereocenters. The van der Waals surface area contributed by atoms with Gasteiger partial charge in [0, 0.05) is 38.3 Å². The van der Waals surface area contributed by atoms with Crippen molar-refractivity contribution in [1.82, 2.24) is 4.90 Å². The molecule has 2 N–H and O–H groups in total. The van der Waals surface area contributed by atoms with Gasteiger partial charge >= 0.3 is 0 Å². The normalized spacial score (nSPS) is 22.3. The first-order valence-electron chi connectivity index (χ1n) is 6.46. The van der Waals surface area contributed by atoms with E-state index in [1.165, 1.54) is 6.07 Å². The summed E-state index contributed by atoms with van der Waals surface area (Å²) in [6.45, 7) is 2.90. The molecule has 1 aromatic carbocycles. The van der Waals surface area contributed by atoms with Gasteiger partial charge in [-0.3, -0.25) is 0 Å². The predicted molar refractivity (Wildman–Crippen MR) is 69.8 cm³/mol. The van der Waals surface area contributed by atoms with Gasteiger partial charge in [-0.15, -0.1) is 0 Å². The third kappa shape index (κ3) is 3.28. The lowest BCUT2D eigenvalue weighted by atomic mass is 10.0. The standard InChI is InChI=1S/C14H21FN2O/c1-18-11-6-8-17(10-11)9-7-14(16)12-4-2-3-5-13(12)15/h2-5,11,14H,6-10,16H2,1H3. The molecule has 0 radical (unpaired) electrons. The first kappa shape index (κ1) is 13.5. The van der Waals surface area contributed by atoms with E-state index in [1.54, 1.807) is 19.2 Å². The molecule has 1 aliphatic heterocycles. The van der Waals surface area contributed by atoms with Crippen LogP contribution in [0.3, 0.4) is 0 Å². The summed E-state index contributed by atoms with van der Waals surface area (Å²) in [6.07, 6.45) is 2.19. The van der Waals surface area contributed by atoms with Crippen molar-refractivity contribution in [3.63, 3.8) is 0 Å². The van der Waals surface area contributed by atoms with Gasteiger partial charge in [-0.2, -0.15) is 0 Å². The number of hydrogen-bond donors (Lipinski definition) is 1. The van der Waals surface area contributed by atoms with Crippen LogP contribution in [0.15, 0.2) is 24.3 Å². The Bertz CT molecular complexity index is 386. The van der Waals surface area contributed by atoms with Crippen LogP contribution in [0, 0.1) is 5.82 Å². The Morgan fingerprint density at radius 3 is 2.94 bits per heavy atom. The van der Waals surface area contributed by atoms with E-state index in [9.17, 15) is 4.39 Å². The van der Waals surface area contributed by atoms with E-state index in [0.29, 0.717) is 11.7 Å². The lowest BCUT2D eigenvalue weighted by molar-refractivity contribution is 0.108. The van der Waals surface area contributed by atoms with Crippen molar-refractivity contribution >= 4 is 0 Å². The number of halogens is 1. The predicted octanol–water partition coefficient (Wildman–Crippen LogP) is 1.94. The SMILES string of the molecule is COC1CCN(CCC(N)c2ccccc2F)C1. The summed E-state index contributed by atoms with van der Waals surface area (Å²) in [4.78, 5) is 2.33. The van der Waals surface area contributed by atoms with Gasteiger partial charge in [0.2, 0.25) is 0 Å². The van der Waals surface area contributed by atoms with Crippen LogP contribution in [-0.4, -0.2) is 37.7 Å². The van der Waals surface area contributed by atoms with E-state index in [1.807, 2.05) is 6.07 Å². The van der Waals surface area contributed by atoms with Crippen LogP contribution in [0.1, 0.15) is 24.4 Å². The lowest BCUT2D eigenvalue weighted by Crippen LogP contribution is -2.27. The number of nitrogens with two attached hydrogens (primary N) is 1. The zero-order valence-corrected chi connectivity index (χ0v) is 10.8. The third-order valence-electron chi connectivity index (χ3n) is 3.62. The van der Waals surface area contributed by atoms with Crippen molar-refractivity contribution in [3.05, 3.63) is 35.6 Å². The number of hydrogen-bond acceptors (Lipinski definition) is 3. The molecule has 18 heavy (non-hydrogen) atoms. The van der Waals surface area contributed by atoms with Gasteiger partial charge in [-0.25, -0.2) is 4.39 Å². The molecule has 2 rings (SSSR count). The molecule has 1 saturated heterocycles. The summed E-state index contributed by atoms with van der Waals surface area (Å²) in [6, 6.07) is 6.52. The number of ether oxygens (including phenoxy) is 1. The monoisotopic (exact) mass is 252 g/mol. The Morgan fingerprint density at radius 2 is 2.28 bits per heavy atom. The van der Waals surface area contributed by atoms with Gasteiger partial charge in [0.15, 0.2) is 0 Å². The van der Waals surface area contributed by atoms with Crippen LogP contribution in [0.25, 0.3) is 0 Å². The van der Waals surface area contributed by atoms with Crippen molar-refractivity contribution in [2.45, 2.75) is 25.0 Å². The molecule has 0 aromatic heterocycles. The zero-order valence-electron chi connectivity index (χ0n) is 10.8. The van der Waals surface area contributed by atoms with Crippen LogP contribution >= 0.6 is 0 Å². The molecule has 0 aliphatic carbocycles. The summed E-state index contributed by atoms with van der Waals surface area (Å²) in [5, 5.41) is 0. The maximum absolute atomic E-state index is 13.5. The Balaban J connectivity index is 1.82. The van der Waals surface area contributed by atoms with Gasteiger partial charge in [0.1, 0.15) is 5.82 Å². The Morgan fingerprint density at radius 1 is 1.50 bits per heavy atom. The van der Waals surface area contributed by atoms with Gasteiger partial charge in [-0.1, -0.05) is 18.2 Å². The van der Waals surface area contributed by atoms with Crippen molar-refractivity contribution in [3.8, 4) is 0 Å². The number of likely N-dealkylation sites (tertiary alicyclic amines) is 1. The number of nitrogens with zero attached hydrogens (tertiary/aromatic N) is 1. The van der Waals surface area contributed by atoms with Gasteiger partial charge in [-0.05, 0) is 18.9 Å². The minimum absolute atomic E-state index is 0.207. The molecule has 0 bridgehead atoms. The highest BCUT2D eigenvalue weighted by Gasteiger charge is 2.22. The topological polar surface area (TPSA) is 38.5 Å². The first-order valence-corrected chi connectivity index (χ1v) is 6.46. The van der Waals surface area contributed by atoms with E-state index < -0.39 is 0 Å². The Labute approximate surface area is 108 Å². The molecule has 1 fully saturated rings. The lowest BCUT2D eigenvalue weighted by Gasteiger charge is -2.19. The summed E-state index contributed by atoms with van der Waals surface area (Å²) < 4.78 is 18.9. The Hall–Kier alpha value is -0.970. The quantitative estimate of drug-likeness (QED) is 0.870. The summed E-state index contributed by atoms with van der Waals surface area (Å²) in [7, 11) is 1.75. The molecule has 2 unspecified atom stereocenters. The second-order valence-electron chi connectivity index (χ2n) is 4.86. The van der Waals surface area contributed by atoms with Gasteiger partial charge in [0.25, 0.3) is 0 Å². The fourth-order valence-electron chi connectivity index (χ4n) is 2.45. The maximum atomic E-state index is 13.5. The largest absolute Gasteiger partial charge is 0.380 e. The van der Waals surface area contributed by atoms with E-state index in [-0.39, 0.29) is 11.9 Å². The smallest absolute Gasteiger partial charge is 0.127 e. The highest BCUT2D eigenvalue weighted by Crippen LogP contribution is 2.19. The summed E-state index contributed by atoms with van der Waals surface area (Å²) >= 11 is 0. The average Bonchev–Trinajstić information content (AvgIpc) is 2.84. The molecular formula is C14H21FN2O. The van der Waals surface area contributed by atoms with Gasteiger partial charge < -0.3 is 15.4 Å². The fraction of sp³-hybridized carbons (Fsp3) is 0.571.